The van der Waals surface area contributed by atoms with Gasteiger partial charge in [-0.1, -0.05) is 13.8 Å². The van der Waals surface area contributed by atoms with Crippen LogP contribution in [0.15, 0.2) is 78.8 Å². The Balaban J connectivity index is 1.80. The van der Waals surface area contributed by atoms with Gasteiger partial charge in [0.15, 0.2) is 25.4 Å². The highest BCUT2D eigenvalue weighted by Gasteiger charge is 2.23. The molecular weight excluding hydrogens is 651 g/mol. The van der Waals surface area contributed by atoms with Crippen LogP contribution in [0.25, 0.3) is 10.8 Å². The minimum atomic E-state index is -3.69. The molecule has 4 aromatic carbocycles. The zero-order valence-corrected chi connectivity index (χ0v) is 28.2. The number of methoxy groups -OCH3 is 3. The van der Waals surface area contributed by atoms with Crippen molar-refractivity contribution >= 4 is 58.9 Å². The third kappa shape index (κ3) is 7.07. The molecule has 4 aromatic rings. The van der Waals surface area contributed by atoms with Gasteiger partial charge in [0.05, 0.1) is 38.5 Å². The number of fused-ring (bicyclic) bond motifs is 1. The number of rotatable bonds is 13. The lowest BCUT2D eigenvalue weighted by molar-refractivity contribution is 0.393. The van der Waals surface area contributed by atoms with Crippen LogP contribution in [-0.4, -0.2) is 66.4 Å². The minimum absolute atomic E-state index is 0.0110. The number of azo groups is 2. The van der Waals surface area contributed by atoms with E-state index in [2.05, 4.69) is 25.8 Å². The number of nitrogens with zero attached hydrogens (tertiary/aromatic N) is 4. The van der Waals surface area contributed by atoms with Crippen molar-refractivity contribution in [1.82, 2.24) is 0 Å². The predicted octanol–water partition coefficient (Wildman–Crippen LogP) is 7.13. The number of sulfone groups is 2. The molecule has 4 rings (SSSR count). The monoisotopic (exact) mass is 685 g/mol. The van der Waals surface area contributed by atoms with Gasteiger partial charge in [-0.3, -0.25) is 0 Å². The quantitative estimate of drug-likeness (QED) is 0.122. The van der Waals surface area contributed by atoms with Crippen molar-refractivity contribution in [2.24, 2.45) is 20.5 Å². The van der Waals surface area contributed by atoms with Gasteiger partial charge in [-0.05, 0) is 31.2 Å². The molecule has 0 fully saturated rings. The standard InChI is InChI=1S/C31H35N5O9S2/c1-7-32-20-12-11-19-18(30(20)36-35-23-15-27(45-6)29(17-25(23)43-4)47(41,42)9-3)10-13-21(31(19)38)33-34-22-14-26(44-5)28(16-24(22)37)46(39,40)8-2/h10-17,32,37-38H,7-9H2,1-6H3. The fourth-order valence-corrected chi connectivity index (χ4v) is 6.70. The van der Waals surface area contributed by atoms with E-state index in [9.17, 15) is 27.0 Å². The summed E-state index contributed by atoms with van der Waals surface area (Å²) in [4.78, 5) is -0.208. The van der Waals surface area contributed by atoms with Gasteiger partial charge in [0.1, 0.15) is 55.5 Å². The van der Waals surface area contributed by atoms with Crippen molar-refractivity contribution in [1.29, 1.82) is 0 Å². The third-order valence-corrected chi connectivity index (χ3v) is 10.7. The maximum Gasteiger partial charge on any atom is 0.181 e. The maximum atomic E-state index is 12.6. The van der Waals surface area contributed by atoms with Gasteiger partial charge >= 0.3 is 0 Å². The largest absolute Gasteiger partial charge is 0.506 e. The van der Waals surface area contributed by atoms with Crippen molar-refractivity contribution in [2.45, 2.75) is 30.6 Å². The Bertz CT molecular complexity index is 2100. The van der Waals surface area contributed by atoms with E-state index in [1.165, 1.54) is 59.4 Å². The second-order valence-corrected chi connectivity index (χ2v) is 14.4. The summed E-state index contributed by atoms with van der Waals surface area (Å²) in [6.45, 7) is 5.46. The first kappa shape index (κ1) is 34.9. The summed E-state index contributed by atoms with van der Waals surface area (Å²) < 4.78 is 66.0. The third-order valence-electron chi connectivity index (χ3n) is 7.17. The second kappa shape index (κ2) is 14.2. The first-order valence-corrected chi connectivity index (χ1v) is 17.6. The number of ether oxygens (including phenoxy) is 3. The summed E-state index contributed by atoms with van der Waals surface area (Å²) in [5.41, 5.74) is 1.16. The van der Waals surface area contributed by atoms with E-state index in [1.54, 1.807) is 18.2 Å². The van der Waals surface area contributed by atoms with Crippen LogP contribution in [0.5, 0.6) is 28.7 Å². The van der Waals surface area contributed by atoms with Crippen molar-refractivity contribution in [3.8, 4) is 28.7 Å². The average Bonchev–Trinajstić information content (AvgIpc) is 3.07. The molecular formula is C31H35N5O9S2. The van der Waals surface area contributed by atoms with E-state index in [1.807, 2.05) is 6.92 Å². The van der Waals surface area contributed by atoms with Gasteiger partial charge in [0.25, 0.3) is 0 Å². The van der Waals surface area contributed by atoms with Crippen LogP contribution in [0.3, 0.4) is 0 Å². The fourth-order valence-electron chi connectivity index (χ4n) is 4.60. The molecule has 0 heterocycles. The lowest BCUT2D eigenvalue weighted by Crippen LogP contribution is -2.06. The van der Waals surface area contributed by atoms with Crippen LogP contribution < -0.4 is 19.5 Å². The first-order chi connectivity index (χ1) is 22.3. The van der Waals surface area contributed by atoms with Gasteiger partial charge < -0.3 is 29.7 Å². The summed E-state index contributed by atoms with van der Waals surface area (Å²) in [6.07, 6.45) is 0. The van der Waals surface area contributed by atoms with E-state index < -0.39 is 25.4 Å². The molecule has 16 heteroatoms. The zero-order chi connectivity index (χ0) is 34.5. The van der Waals surface area contributed by atoms with Crippen LogP contribution >= 0.6 is 0 Å². The molecule has 250 valence electrons. The number of phenolic OH excluding ortho intramolecular Hbond substituents is 2. The summed E-state index contributed by atoms with van der Waals surface area (Å²) >= 11 is 0. The molecule has 0 bridgehead atoms. The van der Waals surface area contributed by atoms with Crippen molar-refractivity contribution < 1.29 is 41.3 Å². The Morgan fingerprint density at radius 3 is 1.74 bits per heavy atom. The molecule has 0 spiro atoms. The number of hydrogen-bond acceptors (Lipinski definition) is 14. The number of benzene rings is 4. The number of hydrogen-bond donors (Lipinski definition) is 3. The highest BCUT2D eigenvalue weighted by atomic mass is 32.2. The smallest absolute Gasteiger partial charge is 0.181 e. The summed E-state index contributed by atoms with van der Waals surface area (Å²) in [5, 5.41) is 42.7. The van der Waals surface area contributed by atoms with Crippen LogP contribution in [0.1, 0.15) is 20.8 Å². The van der Waals surface area contributed by atoms with Gasteiger partial charge in [0, 0.05) is 41.6 Å². The number of phenols is 2. The van der Waals surface area contributed by atoms with E-state index in [4.69, 9.17) is 14.2 Å². The van der Waals surface area contributed by atoms with E-state index in [0.29, 0.717) is 28.7 Å². The van der Waals surface area contributed by atoms with Crippen molar-refractivity contribution in [2.75, 3.05) is 44.7 Å². The predicted molar refractivity (Wildman–Crippen MR) is 178 cm³/mol. The Hall–Kier alpha value is -4.96. The van der Waals surface area contributed by atoms with Crippen LogP contribution in [0, 0.1) is 0 Å². The molecule has 0 saturated heterocycles. The zero-order valence-electron chi connectivity index (χ0n) is 26.6. The normalized spacial score (nSPS) is 12.2. The van der Waals surface area contributed by atoms with Gasteiger partial charge in [0.2, 0.25) is 0 Å². The second-order valence-electron chi connectivity index (χ2n) is 9.89. The Morgan fingerprint density at radius 1 is 0.638 bits per heavy atom. The summed E-state index contributed by atoms with van der Waals surface area (Å²) in [7, 11) is -3.27. The Morgan fingerprint density at radius 2 is 1.17 bits per heavy atom. The topological polar surface area (TPSA) is 198 Å². The van der Waals surface area contributed by atoms with E-state index in [0.717, 1.165) is 6.07 Å². The molecule has 0 atom stereocenters. The molecule has 0 radical (unpaired) electrons. The number of anilines is 1. The minimum Gasteiger partial charge on any atom is -0.506 e. The highest BCUT2D eigenvalue weighted by Crippen LogP contribution is 2.45. The molecule has 0 aliphatic rings. The molecule has 0 amide bonds. The molecule has 0 saturated carbocycles. The average molecular weight is 686 g/mol. The van der Waals surface area contributed by atoms with Gasteiger partial charge in [-0.15, -0.1) is 20.5 Å². The highest BCUT2D eigenvalue weighted by molar-refractivity contribution is 7.91. The Labute approximate surface area is 272 Å². The van der Waals surface area contributed by atoms with Crippen LogP contribution in [0.4, 0.5) is 28.4 Å². The number of aromatic hydroxyl groups is 2. The Kier molecular flexibility index (Phi) is 10.6. The van der Waals surface area contributed by atoms with Gasteiger partial charge in [-0.2, -0.15) is 0 Å². The SMILES string of the molecule is CCNc1ccc2c(O)c(N=Nc3cc(OC)c(S(=O)(=O)CC)cc3O)ccc2c1N=Nc1cc(OC)c(S(=O)(=O)CC)cc1OC. The van der Waals surface area contributed by atoms with Crippen molar-refractivity contribution in [3.05, 3.63) is 48.5 Å². The number of nitrogens with one attached hydrogen (secondary N) is 1. The lowest BCUT2D eigenvalue weighted by Gasteiger charge is -2.13. The molecule has 0 aliphatic carbocycles. The molecule has 0 aliphatic heterocycles. The van der Waals surface area contributed by atoms with Crippen LogP contribution in [-0.2, 0) is 19.7 Å². The fraction of sp³-hybridized carbons (Fsp3) is 0.290. The molecule has 3 N–H and O–H groups in total. The molecule has 0 aromatic heterocycles. The molecule has 47 heavy (non-hydrogen) atoms. The summed E-state index contributed by atoms with van der Waals surface area (Å²) in [6, 6.07) is 11.6. The molecule has 0 unspecified atom stereocenters. The van der Waals surface area contributed by atoms with Gasteiger partial charge in [-0.25, -0.2) is 16.8 Å². The first-order valence-electron chi connectivity index (χ1n) is 14.3. The summed E-state index contributed by atoms with van der Waals surface area (Å²) in [5.74, 6) is -0.762. The van der Waals surface area contributed by atoms with Crippen molar-refractivity contribution in [3.63, 3.8) is 0 Å². The maximum absolute atomic E-state index is 12.6. The van der Waals surface area contributed by atoms with Crippen LogP contribution in [0.2, 0.25) is 0 Å². The van der Waals surface area contributed by atoms with E-state index >= 15 is 0 Å². The lowest BCUT2D eigenvalue weighted by atomic mass is 10.1. The van der Waals surface area contributed by atoms with E-state index in [-0.39, 0.29) is 61.4 Å². The molecule has 14 nitrogen and oxygen atoms in total.